The Labute approximate surface area is 174 Å². The topological polar surface area (TPSA) is 86.8 Å². The number of hydrogen-bond acceptors (Lipinski definition) is 4. The van der Waals surface area contributed by atoms with E-state index in [4.69, 9.17) is 0 Å². The molecule has 2 heterocycles. The van der Waals surface area contributed by atoms with E-state index in [0.29, 0.717) is 24.1 Å². The average molecular weight is 405 g/mol. The van der Waals surface area contributed by atoms with Gasteiger partial charge >= 0.3 is 6.03 Å². The smallest absolute Gasteiger partial charge is 0.319 e. The van der Waals surface area contributed by atoms with E-state index in [1.807, 2.05) is 19.1 Å². The van der Waals surface area contributed by atoms with Gasteiger partial charge in [-0.25, -0.2) is 4.79 Å². The van der Waals surface area contributed by atoms with Gasteiger partial charge in [-0.2, -0.15) is 0 Å². The fourth-order valence-electron chi connectivity index (χ4n) is 3.91. The molecule has 2 aliphatic rings. The van der Waals surface area contributed by atoms with Crippen LogP contribution in [0.3, 0.4) is 0 Å². The molecule has 154 valence electrons. The summed E-state index contributed by atoms with van der Waals surface area (Å²) >= 11 is 0. The third kappa shape index (κ3) is 3.36. The normalized spacial score (nSPS) is 21.3. The molecule has 2 saturated heterocycles. The van der Waals surface area contributed by atoms with Gasteiger partial charge in [0.15, 0.2) is 5.78 Å². The van der Waals surface area contributed by atoms with Crippen molar-refractivity contribution >= 4 is 29.3 Å². The first-order chi connectivity index (χ1) is 14.3. The van der Waals surface area contributed by atoms with Gasteiger partial charge in [0.1, 0.15) is 5.54 Å². The number of hydrogen-bond donors (Lipinski definition) is 1. The monoisotopic (exact) mass is 405 g/mol. The van der Waals surface area contributed by atoms with Gasteiger partial charge in [0, 0.05) is 24.2 Å². The highest BCUT2D eigenvalue weighted by molar-refractivity contribution is 6.11. The van der Waals surface area contributed by atoms with Gasteiger partial charge in [0.2, 0.25) is 5.91 Å². The molecule has 7 heteroatoms. The van der Waals surface area contributed by atoms with Crippen LogP contribution in [0.1, 0.15) is 41.3 Å². The Morgan fingerprint density at radius 1 is 1.03 bits per heavy atom. The van der Waals surface area contributed by atoms with Crippen LogP contribution in [0.5, 0.6) is 0 Å². The number of ketones is 1. The number of imide groups is 1. The van der Waals surface area contributed by atoms with Gasteiger partial charge in [-0.1, -0.05) is 29.8 Å². The van der Waals surface area contributed by atoms with Crippen LogP contribution in [0.2, 0.25) is 0 Å². The SMILES string of the molecule is Cc1ccc([C@]2(C)NC(=O)N(CC(=O)c3ccc(N4CCCC4=O)cc3)C2=O)cc1. The van der Waals surface area contributed by atoms with E-state index >= 15 is 0 Å². The number of aryl methyl sites for hydroxylation is 1. The van der Waals surface area contributed by atoms with Crippen molar-refractivity contribution in [2.45, 2.75) is 32.2 Å². The first kappa shape index (κ1) is 19.8. The summed E-state index contributed by atoms with van der Waals surface area (Å²) < 4.78 is 0. The van der Waals surface area contributed by atoms with Gasteiger partial charge in [0.25, 0.3) is 5.91 Å². The van der Waals surface area contributed by atoms with E-state index in [9.17, 15) is 19.2 Å². The fourth-order valence-corrected chi connectivity index (χ4v) is 3.91. The van der Waals surface area contributed by atoms with Gasteiger partial charge in [-0.3, -0.25) is 19.3 Å². The minimum Gasteiger partial charge on any atom is -0.319 e. The summed E-state index contributed by atoms with van der Waals surface area (Å²) in [7, 11) is 0. The lowest BCUT2D eigenvalue weighted by molar-refractivity contribution is -0.130. The van der Waals surface area contributed by atoms with Crippen LogP contribution in [-0.2, 0) is 15.1 Å². The summed E-state index contributed by atoms with van der Waals surface area (Å²) in [6, 6.07) is 13.5. The second-order valence-corrected chi connectivity index (χ2v) is 7.93. The largest absolute Gasteiger partial charge is 0.325 e. The highest BCUT2D eigenvalue weighted by Crippen LogP contribution is 2.29. The van der Waals surface area contributed by atoms with E-state index in [0.717, 1.165) is 22.6 Å². The predicted octanol–water partition coefficient (Wildman–Crippen LogP) is 2.77. The number of amides is 4. The first-order valence-corrected chi connectivity index (χ1v) is 9.94. The number of benzene rings is 2. The Morgan fingerprint density at radius 2 is 1.70 bits per heavy atom. The van der Waals surface area contributed by atoms with E-state index in [-0.39, 0.29) is 18.2 Å². The highest BCUT2D eigenvalue weighted by atomic mass is 16.2. The number of rotatable bonds is 5. The molecule has 0 unspecified atom stereocenters. The third-order valence-electron chi connectivity index (χ3n) is 5.78. The van der Waals surface area contributed by atoms with Gasteiger partial charge in [-0.05, 0) is 50.1 Å². The molecule has 30 heavy (non-hydrogen) atoms. The number of carbonyl (C=O) groups is 4. The summed E-state index contributed by atoms with van der Waals surface area (Å²) in [6.07, 6.45) is 1.36. The molecule has 0 aliphatic carbocycles. The molecular weight excluding hydrogens is 382 g/mol. The predicted molar refractivity (Wildman–Crippen MR) is 111 cm³/mol. The van der Waals surface area contributed by atoms with Crippen LogP contribution in [0.15, 0.2) is 48.5 Å². The molecule has 2 aromatic carbocycles. The van der Waals surface area contributed by atoms with Gasteiger partial charge in [0.05, 0.1) is 6.54 Å². The molecule has 7 nitrogen and oxygen atoms in total. The van der Waals surface area contributed by atoms with Crippen LogP contribution >= 0.6 is 0 Å². The van der Waals surface area contributed by atoms with E-state index in [2.05, 4.69) is 5.32 Å². The molecule has 4 amide bonds. The molecule has 1 N–H and O–H groups in total. The van der Waals surface area contributed by atoms with Crippen LogP contribution in [-0.4, -0.2) is 41.6 Å². The maximum atomic E-state index is 13.0. The summed E-state index contributed by atoms with van der Waals surface area (Å²) in [5.41, 5.74) is 1.64. The third-order valence-corrected chi connectivity index (χ3v) is 5.78. The lowest BCUT2D eigenvalue weighted by atomic mass is 9.91. The summed E-state index contributed by atoms with van der Waals surface area (Å²) in [6.45, 7) is 3.92. The summed E-state index contributed by atoms with van der Waals surface area (Å²) in [5.74, 6) is -0.723. The van der Waals surface area contributed by atoms with Crippen molar-refractivity contribution in [1.29, 1.82) is 0 Å². The quantitative estimate of drug-likeness (QED) is 0.612. The minimum atomic E-state index is -1.20. The van der Waals surface area contributed by atoms with E-state index in [1.165, 1.54) is 0 Å². The highest BCUT2D eigenvalue weighted by Gasteiger charge is 2.49. The van der Waals surface area contributed by atoms with Crippen molar-refractivity contribution in [2.24, 2.45) is 0 Å². The molecule has 0 spiro atoms. The molecule has 2 fully saturated rings. The molecular formula is C23H23N3O4. The number of nitrogens with one attached hydrogen (secondary N) is 1. The second kappa shape index (κ2) is 7.40. The Bertz CT molecular complexity index is 1030. The zero-order valence-electron chi connectivity index (χ0n) is 17.0. The molecule has 2 aliphatic heterocycles. The molecule has 0 saturated carbocycles. The number of anilines is 1. The molecule has 0 aromatic heterocycles. The van der Waals surface area contributed by atoms with Crippen molar-refractivity contribution in [2.75, 3.05) is 18.0 Å². The Morgan fingerprint density at radius 3 is 2.30 bits per heavy atom. The average Bonchev–Trinajstić information content (AvgIpc) is 3.25. The number of carbonyl (C=O) groups excluding carboxylic acids is 4. The first-order valence-electron chi connectivity index (χ1n) is 9.94. The number of Topliss-reactive ketones (excluding diaryl/α,β-unsaturated/α-hetero) is 1. The molecule has 0 radical (unpaired) electrons. The maximum Gasteiger partial charge on any atom is 0.325 e. The zero-order valence-corrected chi connectivity index (χ0v) is 17.0. The molecule has 1 atom stereocenters. The number of nitrogens with zero attached hydrogens (tertiary/aromatic N) is 2. The van der Waals surface area contributed by atoms with Crippen LogP contribution in [0.4, 0.5) is 10.5 Å². The lowest BCUT2D eigenvalue weighted by Gasteiger charge is -2.22. The van der Waals surface area contributed by atoms with Gasteiger partial charge in [-0.15, -0.1) is 0 Å². The van der Waals surface area contributed by atoms with Crippen LogP contribution < -0.4 is 10.2 Å². The summed E-state index contributed by atoms with van der Waals surface area (Å²) in [5, 5.41) is 2.71. The second-order valence-electron chi connectivity index (χ2n) is 7.93. The minimum absolute atomic E-state index is 0.0730. The molecule has 0 bridgehead atoms. The molecule has 2 aromatic rings. The molecule has 4 rings (SSSR count). The maximum absolute atomic E-state index is 13.0. The van der Waals surface area contributed by atoms with Crippen molar-refractivity contribution in [3.63, 3.8) is 0 Å². The Balaban J connectivity index is 1.49. The fraction of sp³-hybridized carbons (Fsp3) is 0.304. The van der Waals surface area contributed by atoms with Crippen LogP contribution in [0.25, 0.3) is 0 Å². The van der Waals surface area contributed by atoms with Crippen LogP contribution in [0, 0.1) is 6.92 Å². The zero-order chi connectivity index (χ0) is 21.5. The Hall–Kier alpha value is -3.48. The lowest BCUT2D eigenvalue weighted by Crippen LogP contribution is -2.41. The van der Waals surface area contributed by atoms with Crippen molar-refractivity contribution in [3.8, 4) is 0 Å². The number of urea groups is 1. The van der Waals surface area contributed by atoms with E-state index in [1.54, 1.807) is 48.2 Å². The standard InChI is InChI=1S/C23H23N3O4/c1-15-5-9-17(10-6-15)23(2)21(29)26(22(30)24-23)14-19(27)16-7-11-18(12-8-16)25-13-3-4-20(25)28/h5-12H,3-4,13-14H2,1-2H3,(H,24,30)/t23-/m0/s1. The Kier molecular flexibility index (Phi) is 4.89. The van der Waals surface area contributed by atoms with Crippen molar-refractivity contribution in [1.82, 2.24) is 10.2 Å². The summed E-state index contributed by atoms with van der Waals surface area (Å²) in [4.78, 5) is 52.7. The van der Waals surface area contributed by atoms with Crippen molar-refractivity contribution in [3.05, 3.63) is 65.2 Å². The van der Waals surface area contributed by atoms with Crippen molar-refractivity contribution < 1.29 is 19.2 Å². The van der Waals surface area contributed by atoms with E-state index < -0.39 is 17.5 Å². The van der Waals surface area contributed by atoms with Gasteiger partial charge < -0.3 is 10.2 Å².